The summed E-state index contributed by atoms with van der Waals surface area (Å²) in [6, 6.07) is 9.17. The molecule has 39 heavy (non-hydrogen) atoms. The molecule has 0 aliphatic heterocycles. The fraction of sp³-hybridized carbons (Fsp3) is 0.240. The van der Waals surface area contributed by atoms with Crippen LogP contribution < -0.4 is 11.1 Å². The number of carbonyl (C=O) groups is 1. The molecule has 0 bridgehead atoms. The minimum atomic E-state index is -4.41. The first-order chi connectivity index (χ1) is 18.5. The molecule has 3 aromatic rings. The van der Waals surface area contributed by atoms with Gasteiger partial charge in [-0.1, -0.05) is 47.3 Å². The van der Waals surface area contributed by atoms with Crippen LogP contribution >= 0.6 is 54.2 Å². The van der Waals surface area contributed by atoms with E-state index in [9.17, 15) is 18.0 Å². The van der Waals surface area contributed by atoms with Crippen LogP contribution in [0.3, 0.4) is 0 Å². The van der Waals surface area contributed by atoms with Gasteiger partial charge in [-0.05, 0) is 78.0 Å². The summed E-state index contributed by atoms with van der Waals surface area (Å²) in [6.07, 6.45) is -2.56. The second-order valence-electron chi connectivity index (χ2n) is 6.86. The van der Waals surface area contributed by atoms with E-state index < -0.39 is 17.6 Å². The SMILES string of the molecule is C/C=C(\C)Cl.CN.O=C(C#Cc1ccc(-c2nnc(CO)o2)cc1Cl)NCc1ccc(C(F)(F)F)cc1.SI. The van der Waals surface area contributed by atoms with E-state index >= 15 is 0 Å². The Hall–Kier alpha value is -2.28. The molecule has 0 aliphatic carbocycles. The lowest BCUT2D eigenvalue weighted by molar-refractivity contribution is -0.137. The predicted molar refractivity (Wildman–Crippen MR) is 159 cm³/mol. The van der Waals surface area contributed by atoms with Gasteiger partial charge in [-0.3, -0.25) is 4.79 Å². The number of hydrogen-bond acceptors (Lipinski definition) is 7. The van der Waals surface area contributed by atoms with E-state index in [1.807, 2.05) is 41.1 Å². The van der Waals surface area contributed by atoms with Crippen LogP contribution in [-0.2, 0) is 24.1 Å². The van der Waals surface area contributed by atoms with Crippen molar-refractivity contribution in [3.63, 3.8) is 0 Å². The summed E-state index contributed by atoms with van der Waals surface area (Å²) in [4.78, 5) is 11.9. The van der Waals surface area contributed by atoms with Gasteiger partial charge < -0.3 is 20.6 Å². The summed E-state index contributed by atoms with van der Waals surface area (Å²) in [6.45, 7) is 3.40. The number of hydrogen-bond donors (Lipinski definition) is 4. The Morgan fingerprint density at radius 3 is 2.26 bits per heavy atom. The fourth-order valence-electron chi connectivity index (χ4n) is 2.35. The summed E-state index contributed by atoms with van der Waals surface area (Å²) in [5.41, 5.74) is 5.14. The van der Waals surface area contributed by atoms with Gasteiger partial charge in [-0.25, -0.2) is 0 Å². The normalized spacial score (nSPS) is 10.3. The third-order valence-electron chi connectivity index (χ3n) is 4.26. The van der Waals surface area contributed by atoms with Crippen molar-refractivity contribution in [3.8, 4) is 23.3 Å². The Balaban J connectivity index is 0.00000142. The average Bonchev–Trinajstić information content (AvgIpc) is 3.43. The number of allylic oxidation sites excluding steroid dienone is 2. The van der Waals surface area contributed by atoms with Crippen molar-refractivity contribution in [1.29, 1.82) is 0 Å². The molecular weight excluding hydrogens is 691 g/mol. The van der Waals surface area contributed by atoms with Crippen molar-refractivity contribution in [3.05, 3.63) is 81.2 Å². The van der Waals surface area contributed by atoms with E-state index in [-0.39, 0.29) is 30.0 Å². The van der Waals surface area contributed by atoms with Crippen LogP contribution in [0.2, 0.25) is 5.02 Å². The molecule has 1 heterocycles. The van der Waals surface area contributed by atoms with E-state index in [0.717, 1.165) is 17.2 Å². The van der Waals surface area contributed by atoms with Gasteiger partial charge in [0.2, 0.25) is 11.8 Å². The number of aliphatic hydroxyl groups is 1. The number of carbonyl (C=O) groups excluding carboxylic acids is 1. The minimum Gasteiger partial charge on any atom is -0.418 e. The van der Waals surface area contributed by atoms with Gasteiger partial charge in [0.15, 0.2) is 0 Å². The first-order valence-corrected chi connectivity index (χ1v) is 14.7. The van der Waals surface area contributed by atoms with E-state index in [1.54, 1.807) is 12.1 Å². The van der Waals surface area contributed by atoms with Crippen molar-refractivity contribution >= 4 is 60.1 Å². The second-order valence-corrected chi connectivity index (χ2v) is 7.86. The predicted octanol–water partition coefficient (Wildman–Crippen LogP) is 6.56. The molecule has 1 amide bonds. The number of thiol groups is 1. The lowest BCUT2D eigenvalue weighted by Crippen LogP contribution is -2.20. The molecule has 1 aromatic heterocycles. The minimum absolute atomic E-state index is 0.0304. The quantitative estimate of drug-likeness (QED) is 0.138. The molecule has 0 unspecified atom stereocenters. The number of alkyl halides is 3. The summed E-state index contributed by atoms with van der Waals surface area (Å²) < 4.78 is 42.9. The van der Waals surface area contributed by atoms with E-state index in [4.69, 9.17) is 32.7 Å². The van der Waals surface area contributed by atoms with Crippen molar-refractivity contribution in [2.45, 2.75) is 33.2 Å². The maximum Gasteiger partial charge on any atom is 0.416 e. The van der Waals surface area contributed by atoms with E-state index in [1.165, 1.54) is 25.2 Å². The van der Waals surface area contributed by atoms with E-state index in [0.29, 0.717) is 16.7 Å². The molecule has 0 spiro atoms. The molecule has 4 N–H and O–H groups in total. The summed E-state index contributed by atoms with van der Waals surface area (Å²) in [7, 11) is 5.00. The highest BCUT2D eigenvalue weighted by atomic mass is 127. The zero-order chi connectivity index (χ0) is 30.0. The molecule has 0 saturated carbocycles. The highest BCUT2D eigenvalue weighted by molar-refractivity contribution is 14.2. The van der Waals surface area contributed by atoms with Crippen LogP contribution in [0.4, 0.5) is 13.2 Å². The molecule has 0 fully saturated rings. The number of benzene rings is 2. The van der Waals surface area contributed by atoms with Gasteiger partial charge in [0.05, 0.1) is 10.6 Å². The van der Waals surface area contributed by atoms with Crippen molar-refractivity contribution in [1.82, 2.24) is 15.5 Å². The zero-order valence-electron chi connectivity index (χ0n) is 21.0. The van der Waals surface area contributed by atoms with Gasteiger partial charge in [0, 0.05) is 28.6 Å². The van der Waals surface area contributed by atoms with Gasteiger partial charge in [-0.15, -0.1) is 20.0 Å². The third kappa shape index (κ3) is 14.1. The number of aliphatic hydroxyl groups excluding tert-OH is 1. The number of aromatic nitrogens is 2. The number of rotatable bonds is 4. The third-order valence-corrected chi connectivity index (χ3v) is 4.79. The first kappa shape index (κ1) is 36.7. The topological polar surface area (TPSA) is 114 Å². The van der Waals surface area contributed by atoms with Crippen molar-refractivity contribution in [2.75, 3.05) is 7.05 Å². The van der Waals surface area contributed by atoms with Crippen LogP contribution in [0, 0.1) is 11.8 Å². The van der Waals surface area contributed by atoms with Gasteiger partial charge in [-0.2, -0.15) is 13.2 Å². The number of nitrogens with two attached hydrogens (primary N) is 1. The molecule has 0 atom stereocenters. The van der Waals surface area contributed by atoms with E-state index in [2.05, 4.69) is 42.9 Å². The number of nitrogens with zero attached hydrogens (tertiary/aromatic N) is 2. The van der Waals surface area contributed by atoms with Crippen LogP contribution in [0.25, 0.3) is 11.5 Å². The number of amides is 1. The average molecular weight is 717 g/mol. The van der Waals surface area contributed by atoms with Crippen LogP contribution in [0.5, 0.6) is 0 Å². The maximum absolute atomic E-state index is 12.5. The van der Waals surface area contributed by atoms with Crippen LogP contribution in [-0.4, -0.2) is 28.3 Å². The van der Waals surface area contributed by atoms with Gasteiger partial charge in [0.1, 0.15) is 6.61 Å². The molecule has 0 aliphatic rings. The van der Waals surface area contributed by atoms with Crippen LogP contribution in [0.15, 0.2) is 58.0 Å². The summed E-state index contributed by atoms with van der Waals surface area (Å²) in [5.74, 6) is 4.62. The molecule has 7 nitrogen and oxygen atoms in total. The Morgan fingerprint density at radius 2 is 1.79 bits per heavy atom. The Morgan fingerprint density at radius 1 is 1.21 bits per heavy atom. The standard InChI is InChI=1S/C20H13ClF3N3O3.C4H7Cl.CH5N.HIS/c21-16-9-14(19-27-26-18(11-28)30-19)4-3-13(16)5-8-17(29)25-10-12-1-6-15(7-2-12)20(22,23)24;1-3-4(2)5;2*1-2/h1-4,6-7,9,28H,10-11H2,(H,25,29);3H,1-2H3;2H2,1H3;2H/b;4-3+;;. The lowest BCUT2D eigenvalue weighted by Gasteiger charge is -2.07. The maximum atomic E-state index is 12.5. The molecule has 212 valence electrons. The smallest absolute Gasteiger partial charge is 0.416 e. The highest BCUT2D eigenvalue weighted by Crippen LogP contribution is 2.29. The monoisotopic (exact) mass is 716 g/mol. The Bertz CT molecular complexity index is 1260. The summed E-state index contributed by atoms with van der Waals surface area (Å²) >= 11 is 13.3. The molecule has 3 rings (SSSR count). The number of halogens is 6. The van der Waals surface area contributed by atoms with Crippen molar-refractivity contribution in [2.24, 2.45) is 5.73 Å². The molecule has 2 aromatic carbocycles. The largest absolute Gasteiger partial charge is 0.418 e. The Labute approximate surface area is 252 Å². The van der Waals surface area contributed by atoms with Crippen molar-refractivity contribution < 1.29 is 27.5 Å². The number of nitrogens with one attached hydrogen (secondary N) is 1. The molecule has 14 heteroatoms. The molecule has 0 saturated heterocycles. The fourth-order valence-corrected chi connectivity index (χ4v) is 2.57. The van der Waals surface area contributed by atoms with Gasteiger partial charge >= 0.3 is 6.18 Å². The zero-order valence-corrected chi connectivity index (χ0v) is 25.5. The second kappa shape index (κ2) is 19.7. The van der Waals surface area contributed by atoms with Crippen LogP contribution in [0.1, 0.15) is 36.4 Å². The molecular formula is C25H26Cl2F3IN4O3S. The van der Waals surface area contributed by atoms with Gasteiger partial charge in [0.25, 0.3) is 5.91 Å². The highest BCUT2D eigenvalue weighted by Gasteiger charge is 2.29. The Kier molecular flexibility index (Phi) is 18.6. The first-order valence-electron chi connectivity index (χ1n) is 10.8. The lowest BCUT2D eigenvalue weighted by atomic mass is 10.1. The molecule has 0 radical (unpaired) electrons. The summed E-state index contributed by atoms with van der Waals surface area (Å²) in [5, 5.41) is 20.0.